The Kier molecular flexibility index (Phi) is 4.21. The summed E-state index contributed by atoms with van der Waals surface area (Å²) in [6.07, 6.45) is -6.68. The van der Waals surface area contributed by atoms with Gasteiger partial charge >= 0.3 is 6.18 Å². The minimum atomic E-state index is -4.48. The van der Waals surface area contributed by atoms with Gasteiger partial charge in [-0.15, -0.1) is 0 Å². The Morgan fingerprint density at radius 2 is 2.17 bits per heavy atom. The zero-order valence-electron chi connectivity index (χ0n) is 9.01. The van der Waals surface area contributed by atoms with Gasteiger partial charge in [0.15, 0.2) is 6.10 Å². The molecular weight excluding hydrogens is 336 g/mol. The third-order valence-electron chi connectivity index (χ3n) is 2.39. The number of ether oxygens (including phenoxy) is 2. The summed E-state index contributed by atoms with van der Waals surface area (Å²) in [6.45, 7) is 0.379. The van der Waals surface area contributed by atoms with Crippen LogP contribution in [0.4, 0.5) is 13.2 Å². The summed E-state index contributed by atoms with van der Waals surface area (Å²) in [7, 11) is 0. The first-order valence-electron chi connectivity index (χ1n) is 5.13. The van der Waals surface area contributed by atoms with Gasteiger partial charge in [-0.3, -0.25) is 0 Å². The molecule has 100 valence electrons. The number of hydrogen-bond acceptors (Lipinski definition) is 2. The summed E-state index contributed by atoms with van der Waals surface area (Å²) in [5, 5.41) is 0.216. The molecule has 18 heavy (non-hydrogen) atoms. The lowest BCUT2D eigenvalue weighted by molar-refractivity contribution is -0.224. The van der Waals surface area contributed by atoms with E-state index in [-0.39, 0.29) is 23.3 Å². The van der Waals surface area contributed by atoms with E-state index >= 15 is 0 Å². The van der Waals surface area contributed by atoms with Gasteiger partial charge in [0.25, 0.3) is 0 Å². The maximum absolute atomic E-state index is 12.9. The van der Waals surface area contributed by atoms with Crippen LogP contribution in [0.1, 0.15) is 11.7 Å². The lowest BCUT2D eigenvalue weighted by atomic mass is 10.1. The van der Waals surface area contributed by atoms with Crippen molar-refractivity contribution in [2.24, 2.45) is 0 Å². The molecule has 0 bridgehead atoms. The topological polar surface area (TPSA) is 21.8 Å². The van der Waals surface area contributed by atoms with E-state index in [2.05, 4.69) is 15.9 Å². The Hall–Kier alpha value is -0.300. The minimum Gasteiger partial charge on any atom is -0.371 e. The van der Waals surface area contributed by atoms with Gasteiger partial charge in [0, 0.05) is 4.47 Å². The van der Waals surface area contributed by atoms with Crippen molar-refractivity contribution in [3.63, 3.8) is 0 Å². The molecule has 0 aromatic heterocycles. The molecule has 1 fully saturated rings. The maximum atomic E-state index is 12.9. The van der Waals surface area contributed by atoms with Gasteiger partial charge in [-0.25, -0.2) is 0 Å². The monoisotopic (exact) mass is 344 g/mol. The Morgan fingerprint density at radius 3 is 2.67 bits per heavy atom. The second-order valence-electron chi connectivity index (χ2n) is 3.88. The molecule has 0 radical (unpaired) electrons. The fourth-order valence-electron chi connectivity index (χ4n) is 1.42. The first-order chi connectivity index (χ1) is 8.38. The summed E-state index contributed by atoms with van der Waals surface area (Å²) in [4.78, 5) is 0. The molecule has 1 saturated heterocycles. The molecule has 0 saturated carbocycles. The molecule has 0 aliphatic carbocycles. The number of epoxide rings is 1. The second-order valence-corrected chi connectivity index (χ2v) is 5.15. The molecule has 0 N–H and O–H groups in total. The van der Waals surface area contributed by atoms with Crippen LogP contribution in [-0.4, -0.2) is 25.5 Å². The van der Waals surface area contributed by atoms with Gasteiger partial charge in [-0.2, -0.15) is 13.2 Å². The van der Waals surface area contributed by atoms with E-state index in [1.807, 2.05) is 0 Å². The Morgan fingerprint density at radius 1 is 1.50 bits per heavy atom. The number of alkyl halides is 3. The van der Waals surface area contributed by atoms with Crippen LogP contribution in [0.15, 0.2) is 22.7 Å². The van der Waals surface area contributed by atoms with Crippen LogP contribution in [0, 0.1) is 0 Å². The highest BCUT2D eigenvalue weighted by Gasteiger charge is 2.43. The van der Waals surface area contributed by atoms with Crippen LogP contribution in [0.2, 0.25) is 5.02 Å². The Bertz CT molecular complexity index is 435. The van der Waals surface area contributed by atoms with Crippen LogP contribution < -0.4 is 0 Å². The average Bonchev–Trinajstić information content (AvgIpc) is 3.05. The van der Waals surface area contributed by atoms with Crippen molar-refractivity contribution >= 4 is 27.5 Å². The van der Waals surface area contributed by atoms with Crippen molar-refractivity contribution in [2.45, 2.75) is 18.4 Å². The summed E-state index contributed by atoms with van der Waals surface area (Å²) in [6, 6.07) is 4.05. The summed E-state index contributed by atoms with van der Waals surface area (Å²) in [5.41, 5.74) is -0.0173. The molecule has 2 nitrogen and oxygen atoms in total. The molecule has 1 aromatic rings. The lowest BCUT2D eigenvalue weighted by Gasteiger charge is -2.21. The van der Waals surface area contributed by atoms with Crippen LogP contribution in [0.5, 0.6) is 0 Å². The number of halogens is 5. The molecule has 2 rings (SSSR count). The van der Waals surface area contributed by atoms with Crippen LogP contribution in [0.3, 0.4) is 0 Å². The lowest BCUT2D eigenvalue weighted by Crippen LogP contribution is -2.25. The molecule has 1 aliphatic rings. The molecule has 0 spiro atoms. The average molecular weight is 346 g/mol. The zero-order chi connectivity index (χ0) is 13.3. The third-order valence-corrected chi connectivity index (χ3v) is 3.63. The van der Waals surface area contributed by atoms with Gasteiger partial charge in [-0.05, 0) is 33.6 Å². The SMILES string of the molecule is FC(F)(F)[C@@H](OC[C@@H]1CO1)c1ccc(Br)c(Cl)c1. The zero-order valence-corrected chi connectivity index (χ0v) is 11.3. The van der Waals surface area contributed by atoms with Gasteiger partial charge in [0.1, 0.15) is 6.10 Å². The molecular formula is C11H9BrClF3O2. The first kappa shape index (κ1) is 14.1. The number of hydrogen-bond donors (Lipinski definition) is 0. The van der Waals surface area contributed by atoms with Crippen molar-refractivity contribution in [1.29, 1.82) is 0 Å². The van der Waals surface area contributed by atoms with Gasteiger partial charge in [-0.1, -0.05) is 17.7 Å². The molecule has 2 atom stereocenters. The fraction of sp³-hybridized carbons (Fsp3) is 0.455. The van der Waals surface area contributed by atoms with Crippen molar-refractivity contribution in [1.82, 2.24) is 0 Å². The molecule has 0 amide bonds. The standard InChI is InChI=1S/C11H9BrClF3O2/c12-8-2-1-6(3-9(8)13)10(11(14,15)16)18-5-7-4-17-7/h1-3,7,10H,4-5H2/t7-,10-/m0/s1. The van der Waals surface area contributed by atoms with E-state index in [1.165, 1.54) is 18.2 Å². The molecule has 7 heteroatoms. The second kappa shape index (κ2) is 5.36. The first-order valence-corrected chi connectivity index (χ1v) is 6.30. The minimum absolute atomic E-state index is 0.0173. The van der Waals surface area contributed by atoms with Gasteiger partial charge < -0.3 is 9.47 Å². The fourth-order valence-corrected chi connectivity index (χ4v) is 1.86. The highest BCUT2D eigenvalue weighted by atomic mass is 79.9. The number of rotatable bonds is 4. The molecule has 0 unspecified atom stereocenters. The molecule has 1 aromatic carbocycles. The van der Waals surface area contributed by atoms with E-state index in [0.717, 1.165) is 0 Å². The predicted octanol–water partition coefficient (Wildman–Crippen LogP) is 4.12. The quantitative estimate of drug-likeness (QED) is 0.766. The Labute approximate surface area is 115 Å². The summed E-state index contributed by atoms with van der Waals surface area (Å²) < 4.78 is 48.9. The molecule has 1 aliphatic heterocycles. The van der Waals surface area contributed by atoms with Crippen LogP contribution >= 0.6 is 27.5 Å². The predicted molar refractivity (Wildman–Crippen MR) is 63.6 cm³/mol. The van der Waals surface area contributed by atoms with Crippen molar-refractivity contribution < 1.29 is 22.6 Å². The van der Waals surface area contributed by atoms with E-state index in [0.29, 0.717) is 11.1 Å². The van der Waals surface area contributed by atoms with Crippen molar-refractivity contribution in [2.75, 3.05) is 13.2 Å². The highest BCUT2D eigenvalue weighted by molar-refractivity contribution is 9.10. The highest BCUT2D eigenvalue weighted by Crippen LogP contribution is 2.38. The largest absolute Gasteiger partial charge is 0.418 e. The maximum Gasteiger partial charge on any atom is 0.418 e. The third kappa shape index (κ3) is 3.60. The summed E-state index contributed by atoms with van der Waals surface area (Å²) in [5.74, 6) is 0. The van der Waals surface area contributed by atoms with Crippen molar-refractivity contribution in [3.05, 3.63) is 33.3 Å². The van der Waals surface area contributed by atoms with E-state index in [9.17, 15) is 13.2 Å². The smallest absolute Gasteiger partial charge is 0.371 e. The molecule has 1 heterocycles. The van der Waals surface area contributed by atoms with Gasteiger partial charge in [0.05, 0.1) is 18.2 Å². The van der Waals surface area contributed by atoms with E-state index in [1.54, 1.807) is 0 Å². The van der Waals surface area contributed by atoms with Crippen LogP contribution in [-0.2, 0) is 9.47 Å². The van der Waals surface area contributed by atoms with Crippen LogP contribution in [0.25, 0.3) is 0 Å². The number of benzene rings is 1. The van der Waals surface area contributed by atoms with E-state index < -0.39 is 12.3 Å². The summed E-state index contributed by atoms with van der Waals surface area (Å²) >= 11 is 8.92. The van der Waals surface area contributed by atoms with Crippen molar-refractivity contribution in [3.8, 4) is 0 Å². The normalized spacial score (nSPS) is 20.8. The van der Waals surface area contributed by atoms with Gasteiger partial charge in [0.2, 0.25) is 0 Å². The van der Waals surface area contributed by atoms with E-state index in [4.69, 9.17) is 21.1 Å². The Balaban J connectivity index is 2.17.